The molecular weight excluding hydrogens is 419 g/mol. The third-order valence-corrected chi connectivity index (χ3v) is 4.99. The Labute approximate surface area is 182 Å². The molecule has 2 aromatic heterocycles. The summed E-state index contributed by atoms with van der Waals surface area (Å²) in [6, 6.07) is 10.8. The van der Waals surface area contributed by atoms with Gasteiger partial charge >= 0.3 is 6.18 Å². The van der Waals surface area contributed by atoms with E-state index >= 15 is 0 Å². The van der Waals surface area contributed by atoms with Gasteiger partial charge < -0.3 is 10.1 Å². The summed E-state index contributed by atoms with van der Waals surface area (Å²) < 4.78 is 48.8. The van der Waals surface area contributed by atoms with Gasteiger partial charge in [0.1, 0.15) is 5.82 Å². The first-order chi connectivity index (χ1) is 15.4. The first-order valence-corrected chi connectivity index (χ1v) is 10.4. The molecular formula is C24H22F3N3O2. The van der Waals surface area contributed by atoms with Gasteiger partial charge in [-0.05, 0) is 37.5 Å². The van der Waals surface area contributed by atoms with E-state index in [2.05, 4.69) is 10.3 Å². The van der Waals surface area contributed by atoms with Crippen LogP contribution in [0, 0.1) is 0 Å². The van der Waals surface area contributed by atoms with Crippen LogP contribution in [-0.2, 0) is 6.18 Å². The van der Waals surface area contributed by atoms with Crippen LogP contribution in [0.15, 0.2) is 71.2 Å². The van der Waals surface area contributed by atoms with E-state index in [0.717, 1.165) is 24.6 Å². The summed E-state index contributed by atoms with van der Waals surface area (Å²) in [5, 5.41) is 2.68. The van der Waals surface area contributed by atoms with Gasteiger partial charge in [0.15, 0.2) is 11.1 Å². The first kappa shape index (κ1) is 21.7. The van der Waals surface area contributed by atoms with Gasteiger partial charge in [0, 0.05) is 23.5 Å². The number of nitrogens with one attached hydrogen (secondary N) is 1. The number of halogens is 3. The van der Waals surface area contributed by atoms with Crippen LogP contribution in [0.3, 0.4) is 0 Å². The van der Waals surface area contributed by atoms with Gasteiger partial charge in [-0.2, -0.15) is 18.2 Å². The van der Waals surface area contributed by atoms with E-state index in [0.29, 0.717) is 17.9 Å². The molecule has 166 valence electrons. The maximum Gasteiger partial charge on any atom is 0.417 e. The topological polar surface area (TPSA) is 56.1 Å². The molecule has 5 nitrogen and oxygen atoms in total. The highest BCUT2D eigenvalue weighted by Crippen LogP contribution is 2.36. The van der Waals surface area contributed by atoms with Crippen LogP contribution in [0.4, 0.5) is 19.0 Å². The number of nitrogens with zero attached hydrogens (tertiary/aromatic N) is 2. The second-order valence-corrected chi connectivity index (χ2v) is 7.38. The van der Waals surface area contributed by atoms with E-state index in [-0.39, 0.29) is 18.1 Å². The predicted octanol–water partition coefficient (Wildman–Crippen LogP) is 5.84. The fraction of sp³-hybridized carbons (Fsp3) is 0.250. The molecule has 0 saturated heterocycles. The third-order valence-electron chi connectivity index (χ3n) is 4.99. The number of fused-ring (bicyclic) bond motifs is 1. The summed E-state index contributed by atoms with van der Waals surface area (Å²) in [5.41, 5.74) is -0.626. The average molecular weight is 441 g/mol. The van der Waals surface area contributed by atoms with E-state index in [1.165, 1.54) is 10.6 Å². The average Bonchev–Trinajstić information content (AvgIpc) is 2.78. The van der Waals surface area contributed by atoms with Gasteiger partial charge in [0.25, 0.3) is 0 Å². The SMILES string of the molecule is CCCOc1cc(C(F)(F)F)c2c(=O)cc(NC3=CCCC=C3)n(-c3ccccc3)c2n1. The number of aromatic nitrogens is 2. The van der Waals surface area contributed by atoms with Crippen LogP contribution >= 0.6 is 0 Å². The Balaban J connectivity index is 2.05. The third kappa shape index (κ3) is 4.39. The van der Waals surface area contributed by atoms with Gasteiger partial charge in [-0.15, -0.1) is 0 Å². The molecule has 2 heterocycles. The molecule has 0 fully saturated rings. The van der Waals surface area contributed by atoms with Crippen molar-refractivity contribution in [3.05, 3.63) is 82.2 Å². The standard InChI is InChI=1S/C24H22F3N3O2/c1-2-13-32-21-14-18(24(25,26)27)22-19(31)15-20(28-16-9-5-3-6-10-16)30(23(22)29-21)17-11-7-4-8-12-17/h4-5,7-12,14-15,28H,2-3,6,13H2,1H3. The summed E-state index contributed by atoms with van der Waals surface area (Å²) in [5.74, 6) is 0.143. The normalized spacial score (nSPS) is 13.8. The van der Waals surface area contributed by atoms with Crippen molar-refractivity contribution in [3.8, 4) is 11.6 Å². The number of rotatable bonds is 6. The van der Waals surface area contributed by atoms with Gasteiger partial charge in [-0.3, -0.25) is 9.36 Å². The first-order valence-electron chi connectivity index (χ1n) is 10.4. The molecule has 0 saturated carbocycles. The molecule has 0 bridgehead atoms. The number of anilines is 1. The summed E-state index contributed by atoms with van der Waals surface area (Å²) in [6.45, 7) is 2.06. The fourth-order valence-electron chi connectivity index (χ4n) is 3.58. The number of allylic oxidation sites excluding steroid dienone is 3. The lowest BCUT2D eigenvalue weighted by Crippen LogP contribution is -2.19. The number of para-hydroxylation sites is 1. The van der Waals surface area contributed by atoms with Crippen LogP contribution in [0.2, 0.25) is 0 Å². The quantitative estimate of drug-likeness (QED) is 0.522. The second kappa shape index (κ2) is 8.90. The van der Waals surface area contributed by atoms with Gasteiger partial charge in [0.2, 0.25) is 5.88 Å². The molecule has 0 atom stereocenters. The highest BCUT2D eigenvalue weighted by atomic mass is 19.4. The Morgan fingerprint density at radius 2 is 1.94 bits per heavy atom. The maximum absolute atomic E-state index is 13.9. The van der Waals surface area contributed by atoms with Crippen molar-refractivity contribution in [2.24, 2.45) is 0 Å². The van der Waals surface area contributed by atoms with Crippen molar-refractivity contribution in [1.29, 1.82) is 0 Å². The number of ether oxygens (including phenoxy) is 1. The fourth-order valence-corrected chi connectivity index (χ4v) is 3.58. The summed E-state index contributed by atoms with van der Waals surface area (Å²) >= 11 is 0. The van der Waals surface area contributed by atoms with Crippen molar-refractivity contribution < 1.29 is 17.9 Å². The Bertz CT molecular complexity index is 1250. The number of alkyl halides is 3. The van der Waals surface area contributed by atoms with Crippen LogP contribution < -0.4 is 15.5 Å². The van der Waals surface area contributed by atoms with Crippen LogP contribution in [-0.4, -0.2) is 16.2 Å². The molecule has 1 aliphatic rings. The van der Waals surface area contributed by atoms with Crippen molar-refractivity contribution in [3.63, 3.8) is 0 Å². The summed E-state index contributed by atoms with van der Waals surface area (Å²) in [7, 11) is 0. The number of hydrogen-bond donors (Lipinski definition) is 1. The van der Waals surface area contributed by atoms with Gasteiger partial charge in [-0.1, -0.05) is 37.3 Å². The van der Waals surface area contributed by atoms with Crippen molar-refractivity contribution in [2.75, 3.05) is 11.9 Å². The maximum atomic E-state index is 13.9. The molecule has 32 heavy (non-hydrogen) atoms. The summed E-state index contributed by atoms with van der Waals surface area (Å²) in [6.07, 6.45) is 3.43. The number of hydrogen-bond acceptors (Lipinski definition) is 4. The van der Waals surface area contributed by atoms with E-state index in [4.69, 9.17) is 4.74 Å². The molecule has 0 amide bonds. The smallest absolute Gasteiger partial charge is 0.417 e. The molecule has 0 spiro atoms. The van der Waals surface area contributed by atoms with Crippen LogP contribution in [0.5, 0.6) is 5.88 Å². The molecule has 3 aromatic rings. The number of benzene rings is 1. The lowest BCUT2D eigenvalue weighted by molar-refractivity contribution is -0.136. The zero-order valence-corrected chi connectivity index (χ0v) is 17.4. The molecule has 0 unspecified atom stereocenters. The van der Waals surface area contributed by atoms with E-state index < -0.39 is 22.6 Å². The van der Waals surface area contributed by atoms with E-state index in [1.54, 1.807) is 30.3 Å². The largest absolute Gasteiger partial charge is 0.478 e. The van der Waals surface area contributed by atoms with Crippen LogP contribution in [0.25, 0.3) is 16.7 Å². The Morgan fingerprint density at radius 3 is 2.59 bits per heavy atom. The van der Waals surface area contributed by atoms with Crippen molar-refractivity contribution in [2.45, 2.75) is 32.4 Å². The minimum absolute atomic E-state index is 0.118. The molecule has 0 aliphatic heterocycles. The van der Waals surface area contributed by atoms with Crippen molar-refractivity contribution in [1.82, 2.24) is 9.55 Å². The zero-order valence-electron chi connectivity index (χ0n) is 17.4. The van der Waals surface area contributed by atoms with E-state index in [1.807, 2.05) is 25.2 Å². The summed E-state index contributed by atoms with van der Waals surface area (Å²) in [4.78, 5) is 17.3. The molecule has 1 aromatic carbocycles. The molecule has 0 radical (unpaired) electrons. The molecule has 1 N–H and O–H groups in total. The van der Waals surface area contributed by atoms with Gasteiger partial charge in [-0.25, -0.2) is 0 Å². The lowest BCUT2D eigenvalue weighted by atomic mass is 10.1. The highest BCUT2D eigenvalue weighted by molar-refractivity contribution is 5.84. The minimum atomic E-state index is -4.75. The number of pyridine rings is 2. The van der Waals surface area contributed by atoms with E-state index in [9.17, 15) is 18.0 Å². The monoisotopic (exact) mass is 441 g/mol. The molecule has 8 heteroatoms. The highest BCUT2D eigenvalue weighted by Gasteiger charge is 2.36. The second-order valence-electron chi connectivity index (χ2n) is 7.38. The molecule has 4 rings (SSSR count). The molecule has 1 aliphatic carbocycles. The Morgan fingerprint density at radius 1 is 1.16 bits per heavy atom. The zero-order chi connectivity index (χ0) is 22.7. The van der Waals surface area contributed by atoms with Crippen molar-refractivity contribution >= 4 is 16.9 Å². The predicted molar refractivity (Wildman–Crippen MR) is 118 cm³/mol. The lowest BCUT2D eigenvalue weighted by Gasteiger charge is -2.21. The van der Waals surface area contributed by atoms with Gasteiger partial charge in [0.05, 0.1) is 17.6 Å². The Hall–Kier alpha value is -3.55. The van der Waals surface area contributed by atoms with Crippen LogP contribution in [0.1, 0.15) is 31.7 Å². The Kier molecular flexibility index (Phi) is 6.03. The minimum Gasteiger partial charge on any atom is -0.478 e.